The lowest BCUT2D eigenvalue weighted by Crippen LogP contribution is -2.40. The first-order chi connectivity index (χ1) is 22.1. The molecule has 5 aromatic heterocycles. The fraction of sp³-hybridized carbons (Fsp3) is 0.242. The van der Waals surface area contributed by atoms with Crippen molar-refractivity contribution in [3.8, 4) is 39.5 Å². The Morgan fingerprint density at radius 3 is 2.80 bits per heavy atom. The number of benzene rings is 1. The number of aliphatic hydroxyl groups excluding tert-OH is 1. The Bertz CT molecular complexity index is 2170. The lowest BCUT2D eigenvalue weighted by molar-refractivity contribution is -0.129. The van der Waals surface area contributed by atoms with E-state index < -0.39 is 17.7 Å². The van der Waals surface area contributed by atoms with Crippen LogP contribution in [0.3, 0.4) is 0 Å². The van der Waals surface area contributed by atoms with Gasteiger partial charge in [-0.1, -0.05) is 6.58 Å². The Balaban J connectivity index is 1.51. The number of ether oxygens (including phenoxy) is 1. The van der Waals surface area contributed by atoms with Gasteiger partial charge < -0.3 is 14.7 Å². The highest BCUT2D eigenvalue weighted by molar-refractivity contribution is 7.18. The van der Waals surface area contributed by atoms with E-state index in [0.29, 0.717) is 46.1 Å². The van der Waals surface area contributed by atoms with Crippen molar-refractivity contribution in [2.24, 2.45) is 7.05 Å². The molecule has 0 aliphatic carbocycles. The van der Waals surface area contributed by atoms with Crippen LogP contribution in [0.15, 0.2) is 60.8 Å². The molecule has 0 fully saturated rings. The zero-order chi connectivity index (χ0) is 32.3. The maximum Gasteiger partial charge on any atom is 0.246 e. The quantitative estimate of drug-likeness (QED) is 0.216. The average molecular weight is 642 g/mol. The third-order valence-corrected chi connectivity index (χ3v) is 9.09. The summed E-state index contributed by atoms with van der Waals surface area (Å²) in [6, 6.07) is 7.31. The van der Waals surface area contributed by atoms with Crippen LogP contribution in [-0.4, -0.2) is 64.7 Å². The molecule has 6 heterocycles. The third-order valence-electron chi connectivity index (χ3n) is 8.16. The molecule has 1 amide bonds. The van der Waals surface area contributed by atoms with Gasteiger partial charge in [0.25, 0.3) is 0 Å². The third kappa shape index (κ3) is 4.92. The minimum atomic E-state index is -0.877. The maximum absolute atomic E-state index is 16.0. The molecule has 1 aliphatic rings. The van der Waals surface area contributed by atoms with Crippen molar-refractivity contribution in [3.05, 3.63) is 78.1 Å². The number of fused-ring (bicyclic) bond motifs is 3. The molecule has 6 aromatic rings. The number of thiophene rings is 1. The number of hydrogen-bond acceptors (Lipinski definition) is 8. The smallest absolute Gasteiger partial charge is 0.246 e. The summed E-state index contributed by atoms with van der Waals surface area (Å²) in [5, 5.41) is 22.6. The Morgan fingerprint density at radius 1 is 1.20 bits per heavy atom. The lowest BCUT2D eigenvalue weighted by atomic mass is 9.96. The SMILES string of the molecule is C=CC(=O)N1CCn2nc(-c3nc(-c4cnc5c(cnn5C)c4)c4ccsc4c3-c3c(F)cc(F)cc3OCC(C)O)cc2C1C. The Hall–Kier alpha value is -5.01. The number of pyridine rings is 2. The van der Waals surface area contributed by atoms with E-state index in [0.717, 1.165) is 34.2 Å². The number of aromatic nitrogens is 6. The van der Waals surface area contributed by atoms with Crippen molar-refractivity contribution >= 4 is 38.4 Å². The number of aryl methyl sites for hydroxylation is 1. The molecule has 2 atom stereocenters. The summed E-state index contributed by atoms with van der Waals surface area (Å²) in [6.45, 7) is 7.78. The summed E-state index contributed by atoms with van der Waals surface area (Å²) in [5.41, 5.74) is 4.00. The van der Waals surface area contributed by atoms with Crippen LogP contribution in [0.25, 0.3) is 54.9 Å². The molecule has 7 rings (SSSR count). The van der Waals surface area contributed by atoms with E-state index in [2.05, 4.69) is 16.7 Å². The van der Waals surface area contributed by atoms with Crippen molar-refractivity contribution in [2.75, 3.05) is 13.2 Å². The van der Waals surface area contributed by atoms with Gasteiger partial charge in [-0.05, 0) is 43.5 Å². The number of carbonyl (C=O) groups excluding carboxylic acids is 1. The number of amides is 1. The first kappa shape index (κ1) is 29.7. The first-order valence-corrected chi connectivity index (χ1v) is 15.5. The Kier molecular flexibility index (Phi) is 7.36. The highest BCUT2D eigenvalue weighted by Crippen LogP contribution is 2.47. The zero-order valence-corrected chi connectivity index (χ0v) is 26.1. The highest BCUT2D eigenvalue weighted by Gasteiger charge is 2.31. The van der Waals surface area contributed by atoms with Gasteiger partial charge in [-0.25, -0.2) is 18.7 Å². The molecule has 1 aromatic carbocycles. The second-order valence-electron chi connectivity index (χ2n) is 11.3. The molecule has 1 N–H and O–H groups in total. The molecule has 0 saturated heterocycles. The predicted octanol–water partition coefficient (Wildman–Crippen LogP) is 5.90. The van der Waals surface area contributed by atoms with E-state index in [1.165, 1.54) is 24.3 Å². The van der Waals surface area contributed by atoms with E-state index in [1.807, 2.05) is 42.2 Å². The van der Waals surface area contributed by atoms with Crippen LogP contribution >= 0.6 is 11.3 Å². The maximum atomic E-state index is 16.0. The van der Waals surface area contributed by atoms with Crippen LogP contribution in [0, 0.1) is 11.6 Å². The number of carbonyl (C=O) groups is 1. The summed E-state index contributed by atoms with van der Waals surface area (Å²) in [6.07, 6.45) is 3.87. The van der Waals surface area contributed by atoms with Crippen LogP contribution in [0.2, 0.25) is 0 Å². The molecule has 10 nitrogen and oxygen atoms in total. The summed E-state index contributed by atoms with van der Waals surface area (Å²) in [5.74, 6) is -1.91. The predicted molar refractivity (Wildman–Crippen MR) is 171 cm³/mol. The molecule has 46 heavy (non-hydrogen) atoms. The van der Waals surface area contributed by atoms with Crippen LogP contribution in [0.4, 0.5) is 8.78 Å². The van der Waals surface area contributed by atoms with E-state index in [-0.39, 0.29) is 29.9 Å². The second-order valence-corrected chi connectivity index (χ2v) is 12.2. The van der Waals surface area contributed by atoms with E-state index in [1.54, 1.807) is 22.0 Å². The van der Waals surface area contributed by atoms with E-state index >= 15 is 4.39 Å². The average Bonchev–Trinajstić information content (AvgIpc) is 3.78. The molecular formula is C33H29F2N7O3S. The number of nitrogens with zero attached hydrogens (tertiary/aromatic N) is 7. The molecule has 0 bridgehead atoms. The molecule has 0 radical (unpaired) electrons. The van der Waals surface area contributed by atoms with Gasteiger partial charge in [0.2, 0.25) is 5.91 Å². The van der Waals surface area contributed by atoms with Crippen LogP contribution in [0.5, 0.6) is 5.75 Å². The van der Waals surface area contributed by atoms with Gasteiger partial charge in [0.05, 0.1) is 41.8 Å². The van der Waals surface area contributed by atoms with Crippen molar-refractivity contribution in [3.63, 3.8) is 0 Å². The second kappa shape index (κ2) is 11.4. The van der Waals surface area contributed by atoms with Gasteiger partial charge >= 0.3 is 0 Å². The van der Waals surface area contributed by atoms with Gasteiger partial charge in [-0.15, -0.1) is 11.3 Å². The van der Waals surface area contributed by atoms with E-state index in [4.69, 9.17) is 14.8 Å². The number of rotatable bonds is 7. The zero-order valence-electron chi connectivity index (χ0n) is 25.2. The van der Waals surface area contributed by atoms with Crippen LogP contribution < -0.4 is 4.74 Å². The van der Waals surface area contributed by atoms with E-state index in [9.17, 15) is 14.3 Å². The number of hydrogen-bond donors (Lipinski definition) is 1. The van der Waals surface area contributed by atoms with Crippen LogP contribution in [0.1, 0.15) is 25.6 Å². The Morgan fingerprint density at radius 2 is 2.02 bits per heavy atom. The number of halogens is 2. The minimum Gasteiger partial charge on any atom is -0.490 e. The van der Waals surface area contributed by atoms with Crippen molar-refractivity contribution in [1.29, 1.82) is 0 Å². The van der Waals surface area contributed by atoms with Crippen molar-refractivity contribution in [2.45, 2.75) is 32.5 Å². The molecule has 0 saturated carbocycles. The summed E-state index contributed by atoms with van der Waals surface area (Å²) in [4.78, 5) is 24.1. The van der Waals surface area contributed by atoms with Gasteiger partial charge in [-0.2, -0.15) is 10.2 Å². The molecule has 2 unspecified atom stereocenters. The summed E-state index contributed by atoms with van der Waals surface area (Å²) in [7, 11) is 1.82. The lowest BCUT2D eigenvalue weighted by Gasteiger charge is -2.33. The minimum absolute atomic E-state index is 0.00636. The largest absolute Gasteiger partial charge is 0.490 e. The van der Waals surface area contributed by atoms with Crippen LogP contribution in [-0.2, 0) is 18.4 Å². The first-order valence-electron chi connectivity index (χ1n) is 14.6. The monoisotopic (exact) mass is 641 g/mol. The van der Waals surface area contributed by atoms with Gasteiger partial charge in [0.15, 0.2) is 5.65 Å². The Labute approximate surface area is 266 Å². The molecular weight excluding hydrogens is 612 g/mol. The fourth-order valence-corrected chi connectivity index (χ4v) is 6.94. The number of aliphatic hydroxyl groups is 1. The van der Waals surface area contributed by atoms with Crippen molar-refractivity contribution < 1.29 is 23.4 Å². The van der Waals surface area contributed by atoms with Gasteiger partial charge in [-0.3, -0.25) is 14.2 Å². The molecule has 1 aliphatic heterocycles. The normalized spacial score (nSPS) is 15.3. The highest BCUT2D eigenvalue weighted by atomic mass is 32.1. The summed E-state index contributed by atoms with van der Waals surface area (Å²) >= 11 is 1.38. The van der Waals surface area contributed by atoms with Gasteiger partial charge in [0.1, 0.15) is 35.4 Å². The fourth-order valence-electron chi connectivity index (χ4n) is 5.99. The molecule has 0 spiro atoms. The topological polar surface area (TPSA) is 111 Å². The van der Waals surface area contributed by atoms with Crippen molar-refractivity contribution in [1.82, 2.24) is 34.4 Å². The van der Waals surface area contributed by atoms with Gasteiger partial charge in [0, 0.05) is 58.5 Å². The molecule has 13 heteroatoms. The summed E-state index contributed by atoms with van der Waals surface area (Å²) < 4.78 is 40.6. The molecule has 234 valence electrons. The standard InChI is InChI=1S/C33H29F2N7O3S/c1-5-27(44)41-7-8-42-25(18(41)3)13-24(39-42)31-29(28-23(35)11-21(34)12-26(28)45-16-17(2)43)32-22(6-9-46-32)30(38-31)19-10-20-15-37-40(4)33(20)36-14-19/h5-6,9-15,17-18,43H,1,7-8,16H2,2-4H3.